The van der Waals surface area contributed by atoms with E-state index in [2.05, 4.69) is 65.9 Å². The lowest BCUT2D eigenvalue weighted by atomic mass is 9.93. The molecule has 2 amide bonds. The van der Waals surface area contributed by atoms with Gasteiger partial charge >= 0.3 is 6.03 Å². The van der Waals surface area contributed by atoms with Crippen molar-refractivity contribution >= 4 is 17.7 Å². The van der Waals surface area contributed by atoms with E-state index in [4.69, 9.17) is 5.11 Å². The number of para-hydroxylation sites is 1. The Kier molecular flexibility index (Phi) is 12.6. The standard InChI is InChI=1S/C26H44N6O2/c1-20(2)22-16-15-17-23(21(3)4)24(22)27-26(34)28-25-29-31-32(30-25)18-13-11-9-7-5-6-8-10-12-14-19-33/h15-17,20-21,33H,5-14,18-19H2,1-4H3,(H2,27,28,30,34). The van der Waals surface area contributed by atoms with Crippen LogP contribution in [0.3, 0.4) is 0 Å². The van der Waals surface area contributed by atoms with Gasteiger partial charge in [-0.15, -0.1) is 5.10 Å². The van der Waals surface area contributed by atoms with Crippen LogP contribution in [0.2, 0.25) is 0 Å². The minimum absolute atomic E-state index is 0.215. The number of aliphatic hydroxyl groups excluding tert-OH is 1. The Morgan fingerprint density at radius 2 is 1.38 bits per heavy atom. The second-order valence-corrected chi connectivity index (χ2v) is 9.67. The minimum atomic E-state index is -0.356. The number of nitrogens with zero attached hydrogens (tertiary/aromatic N) is 4. The number of carbonyl (C=O) groups is 1. The Hall–Kier alpha value is -2.48. The van der Waals surface area contributed by atoms with Gasteiger partial charge in [0.1, 0.15) is 0 Å². The number of tetrazole rings is 1. The van der Waals surface area contributed by atoms with Crippen LogP contribution in [0.5, 0.6) is 0 Å². The number of carbonyl (C=O) groups excluding carboxylic acids is 1. The average molecular weight is 473 g/mol. The summed E-state index contributed by atoms with van der Waals surface area (Å²) in [4.78, 5) is 14.2. The first kappa shape index (κ1) is 27.8. The zero-order valence-electron chi connectivity index (χ0n) is 21.5. The number of nitrogens with one attached hydrogen (secondary N) is 2. The fourth-order valence-corrected chi connectivity index (χ4v) is 4.11. The lowest BCUT2D eigenvalue weighted by Crippen LogP contribution is -2.22. The number of aliphatic hydroxyl groups is 1. The molecule has 8 nitrogen and oxygen atoms in total. The van der Waals surface area contributed by atoms with Gasteiger partial charge in [0, 0.05) is 12.3 Å². The summed E-state index contributed by atoms with van der Waals surface area (Å²) in [5, 5.41) is 26.8. The van der Waals surface area contributed by atoms with Crippen molar-refractivity contribution in [3.05, 3.63) is 29.3 Å². The SMILES string of the molecule is CC(C)c1cccc(C(C)C)c1NC(=O)Nc1nnn(CCCCCCCCCCCCO)n1. The van der Waals surface area contributed by atoms with Crippen LogP contribution in [-0.2, 0) is 6.54 Å². The Labute approximate surface area is 204 Å². The molecule has 0 unspecified atom stereocenters. The molecule has 34 heavy (non-hydrogen) atoms. The van der Waals surface area contributed by atoms with Gasteiger partial charge in [-0.05, 0) is 41.0 Å². The number of amides is 2. The second-order valence-electron chi connectivity index (χ2n) is 9.67. The summed E-state index contributed by atoms with van der Waals surface area (Å²) >= 11 is 0. The van der Waals surface area contributed by atoms with Gasteiger partial charge in [0.25, 0.3) is 5.95 Å². The van der Waals surface area contributed by atoms with Crippen molar-refractivity contribution in [2.75, 3.05) is 17.2 Å². The van der Waals surface area contributed by atoms with E-state index >= 15 is 0 Å². The van der Waals surface area contributed by atoms with E-state index in [1.165, 1.54) is 38.5 Å². The summed E-state index contributed by atoms with van der Waals surface area (Å²) < 4.78 is 0. The number of aromatic nitrogens is 4. The van der Waals surface area contributed by atoms with Crippen molar-refractivity contribution in [3.63, 3.8) is 0 Å². The predicted molar refractivity (Wildman–Crippen MR) is 138 cm³/mol. The van der Waals surface area contributed by atoms with Gasteiger partial charge in [-0.25, -0.2) is 4.79 Å². The van der Waals surface area contributed by atoms with Crippen molar-refractivity contribution < 1.29 is 9.90 Å². The molecule has 2 aromatic rings. The van der Waals surface area contributed by atoms with Crippen molar-refractivity contribution in [2.45, 2.75) is 110 Å². The first-order valence-electron chi connectivity index (χ1n) is 13.0. The van der Waals surface area contributed by atoms with Gasteiger partial charge in [-0.2, -0.15) is 4.80 Å². The zero-order valence-corrected chi connectivity index (χ0v) is 21.5. The molecular formula is C26H44N6O2. The molecule has 1 aromatic heterocycles. The Balaban J connectivity index is 1.71. The number of urea groups is 1. The third-order valence-corrected chi connectivity index (χ3v) is 6.06. The van der Waals surface area contributed by atoms with Crippen LogP contribution in [0.4, 0.5) is 16.4 Å². The molecule has 190 valence electrons. The van der Waals surface area contributed by atoms with Crippen LogP contribution in [0.25, 0.3) is 0 Å². The molecule has 1 heterocycles. The number of aryl methyl sites for hydroxylation is 1. The molecule has 0 radical (unpaired) electrons. The van der Waals surface area contributed by atoms with Gasteiger partial charge < -0.3 is 10.4 Å². The van der Waals surface area contributed by atoms with E-state index in [1.54, 1.807) is 4.80 Å². The van der Waals surface area contributed by atoms with Crippen LogP contribution in [0, 0.1) is 0 Å². The number of anilines is 2. The highest BCUT2D eigenvalue weighted by atomic mass is 16.3. The molecule has 0 atom stereocenters. The van der Waals surface area contributed by atoms with Crippen LogP contribution in [0.1, 0.15) is 115 Å². The topological polar surface area (TPSA) is 105 Å². The van der Waals surface area contributed by atoms with E-state index in [9.17, 15) is 4.79 Å². The number of hydrogen-bond donors (Lipinski definition) is 3. The Morgan fingerprint density at radius 1 is 0.853 bits per heavy atom. The summed E-state index contributed by atoms with van der Waals surface area (Å²) in [6.07, 6.45) is 11.8. The smallest absolute Gasteiger partial charge is 0.326 e. The largest absolute Gasteiger partial charge is 0.396 e. The number of rotatable bonds is 16. The molecule has 0 saturated carbocycles. The number of hydrogen-bond acceptors (Lipinski definition) is 5. The molecule has 0 fully saturated rings. The van der Waals surface area contributed by atoms with Gasteiger partial charge in [-0.3, -0.25) is 5.32 Å². The lowest BCUT2D eigenvalue weighted by Gasteiger charge is -2.20. The van der Waals surface area contributed by atoms with Crippen LogP contribution >= 0.6 is 0 Å². The lowest BCUT2D eigenvalue weighted by molar-refractivity contribution is 0.262. The molecule has 0 saturated heterocycles. The van der Waals surface area contributed by atoms with E-state index in [0.29, 0.717) is 25.0 Å². The Bertz CT molecular complexity index is 823. The van der Waals surface area contributed by atoms with E-state index < -0.39 is 0 Å². The molecule has 0 aliphatic heterocycles. The highest BCUT2D eigenvalue weighted by molar-refractivity contribution is 5.99. The maximum atomic E-state index is 12.6. The highest BCUT2D eigenvalue weighted by Gasteiger charge is 2.17. The molecule has 0 spiro atoms. The third kappa shape index (κ3) is 9.79. The molecule has 1 aromatic carbocycles. The fourth-order valence-electron chi connectivity index (χ4n) is 4.11. The summed E-state index contributed by atoms with van der Waals surface area (Å²) in [5.74, 6) is 0.807. The molecule has 2 rings (SSSR count). The third-order valence-electron chi connectivity index (χ3n) is 6.06. The maximum absolute atomic E-state index is 12.6. The van der Waals surface area contributed by atoms with Crippen molar-refractivity contribution in [1.29, 1.82) is 0 Å². The van der Waals surface area contributed by atoms with E-state index in [0.717, 1.165) is 42.5 Å². The first-order valence-corrected chi connectivity index (χ1v) is 13.0. The molecule has 0 bridgehead atoms. The molecule has 0 aliphatic rings. The van der Waals surface area contributed by atoms with Crippen LogP contribution in [0.15, 0.2) is 18.2 Å². The van der Waals surface area contributed by atoms with Gasteiger partial charge in [0.05, 0.1) is 6.54 Å². The van der Waals surface area contributed by atoms with E-state index in [1.807, 2.05) is 6.07 Å². The van der Waals surface area contributed by atoms with E-state index in [-0.39, 0.29) is 12.0 Å². The van der Waals surface area contributed by atoms with Gasteiger partial charge in [0.2, 0.25) is 0 Å². The molecule has 0 aliphatic carbocycles. The average Bonchev–Trinajstić information content (AvgIpc) is 3.24. The van der Waals surface area contributed by atoms with Gasteiger partial charge in [-0.1, -0.05) is 102 Å². The molecule has 8 heteroatoms. The zero-order chi connectivity index (χ0) is 24.8. The minimum Gasteiger partial charge on any atom is -0.396 e. The maximum Gasteiger partial charge on any atom is 0.326 e. The normalized spacial score (nSPS) is 11.4. The van der Waals surface area contributed by atoms with Crippen LogP contribution in [-0.4, -0.2) is 38.0 Å². The monoisotopic (exact) mass is 472 g/mol. The summed E-state index contributed by atoms with van der Waals surface area (Å²) in [7, 11) is 0. The summed E-state index contributed by atoms with van der Waals surface area (Å²) in [5.41, 5.74) is 3.09. The molecule has 3 N–H and O–H groups in total. The highest BCUT2D eigenvalue weighted by Crippen LogP contribution is 2.32. The number of benzene rings is 1. The van der Waals surface area contributed by atoms with Crippen molar-refractivity contribution in [2.24, 2.45) is 0 Å². The summed E-state index contributed by atoms with van der Waals surface area (Å²) in [6.45, 7) is 9.50. The first-order chi connectivity index (χ1) is 16.4. The van der Waals surface area contributed by atoms with Crippen molar-refractivity contribution in [3.8, 4) is 0 Å². The van der Waals surface area contributed by atoms with Crippen LogP contribution < -0.4 is 10.6 Å². The summed E-state index contributed by atoms with van der Waals surface area (Å²) in [6, 6.07) is 5.80. The van der Waals surface area contributed by atoms with Gasteiger partial charge in [0.15, 0.2) is 0 Å². The quantitative estimate of drug-likeness (QED) is 0.243. The fraction of sp³-hybridized carbons (Fsp3) is 0.692. The second kappa shape index (κ2) is 15.4. The van der Waals surface area contributed by atoms with Crippen molar-refractivity contribution in [1.82, 2.24) is 20.2 Å². The number of unbranched alkanes of at least 4 members (excludes halogenated alkanes) is 9. The Morgan fingerprint density at radius 3 is 1.91 bits per heavy atom. The predicted octanol–water partition coefficient (Wildman–Crippen LogP) is 6.46. The molecular weight excluding hydrogens is 428 g/mol.